The van der Waals surface area contributed by atoms with E-state index < -0.39 is 47.6 Å². The lowest BCUT2D eigenvalue weighted by atomic mass is 10.1. The number of H-pyrrole nitrogens is 1. The van der Waals surface area contributed by atoms with Crippen LogP contribution in [0.2, 0.25) is 5.02 Å². The van der Waals surface area contributed by atoms with Crippen LogP contribution in [0.1, 0.15) is 36.3 Å². The molecule has 1 heterocycles. The average molecular weight is 468 g/mol. The van der Waals surface area contributed by atoms with Crippen LogP contribution < -0.4 is 21.0 Å². The monoisotopic (exact) mass is 467 g/mol. The summed E-state index contributed by atoms with van der Waals surface area (Å²) in [6.45, 7) is 0.330. The highest BCUT2D eigenvalue weighted by Gasteiger charge is 2.18. The van der Waals surface area contributed by atoms with Gasteiger partial charge in [0.05, 0.1) is 17.3 Å². The maximum absolute atomic E-state index is 14.8. The highest BCUT2D eigenvalue weighted by molar-refractivity contribution is 6.46. The Labute approximate surface area is 190 Å². The van der Waals surface area contributed by atoms with Gasteiger partial charge in [0.1, 0.15) is 6.07 Å². The number of halogens is 2. The average Bonchev–Trinajstić information content (AvgIpc) is 2.76. The first-order valence-electron chi connectivity index (χ1n) is 10.4. The smallest absolute Gasteiger partial charge is 0.414 e. The number of nitrogens with one attached hydrogen (secondary N) is 3. The second-order valence-corrected chi connectivity index (χ2v) is 6.35. The number of nitrogens with zero attached hydrogens (tertiary/aromatic N) is 3. The summed E-state index contributed by atoms with van der Waals surface area (Å²) in [6, 6.07) is 4.41. The van der Waals surface area contributed by atoms with Gasteiger partial charge in [0.2, 0.25) is 11.6 Å². The van der Waals surface area contributed by atoms with Gasteiger partial charge < -0.3 is 9.47 Å². The van der Waals surface area contributed by atoms with Crippen molar-refractivity contribution in [3.05, 3.63) is 45.0 Å². The van der Waals surface area contributed by atoms with Gasteiger partial charge in [0.25, 0.3) is 11.5 Å². The predicted octanol–water partition coefficient (Wildman–Crippen LogP) is 3.04. The van der Waals surface area contributed by atoms with Crippen LogP contribution in [0.15, 0.2) is 28.1 Å². The molecule has 1 unspecified atom stereocenters. The molecule has 168 valence electrons. The van der Waals surface area contributed by atoms with Gasteiger partial charge in [-0.1, -0.05) is 25.4 Å². The molecule has 3 N–H and O–H groups in total. The second-order valence-electron chi connectivity index (χ2n) is 5.94. The number of hydrogen-bond acceptors (Lipinski definition) is 9. The lowest BCUT2D eigenvalue weighted by molar-refractivity contribution is -0.114. The van der Waals surface area contributed by atoms with Crippen molar-refractivity contribution in [3.63, 3.8) is 0 Å². The predicted molar refractivity (Wildman–Crippen MR) is 112 cm³/mol. The van der Waals surface area contributed by atoms with Crippen LogP contribution in [0.3, 0.4) is 0 Å². The molecular weight excluding hydrogens is 447 g/mol. The van der Waals surface area contributed by atoms with E-state index in [0.717, 1.165) is 18.2 Å². The third-order valence-electron chi connectivity index (χ3n) is 3.57. The minimum Gasteiger partial charge on any atom is -0.450 e. The number of aromatic amines is 1. The van der Waals surface area contributed by atoms with Gasteiger partial charge in [-0.2, -0.15) is 10.4 Å². The molecule has 0 aliphatic carbocycles. The van der Waals surface area contributed by atoms with Crippen molar-refractivity contribution in [1.29, 1.82) is 5.26 Å². The van der Waals surface area contributed by atoms with Crippen molar-refractivity contribution >= 4 is 35.0 Å². The lowest BCUT2D eigenvalue weighted by Crippen LogP contribution is -2.36. The molecule has 2 amide bonds. The van der Waals surface area contributed by atoms with Crippen LogP contribution in [-0.2, 0) is 9.53 Å². The quantitative estimate of drug-likeness (QED) is 0.414. The van der Waals surface area contributed by atoms with Gasteiger partial charge in [0, 0.05) is 21.8 Å². The molecule has 1 atom stereocenters. The number of anilines is 1. The van der Waals surface area contributed by atoms with Gasteiger partial charge in [-0.25, -0.2) is 14.3 Å². The van der Waals surface area contributed by atoms with Crippen LogP contribution in [0.5, 0.6) is 11.6 Å². The van der Waals surface area contributed by atoms with E-state index in [-0.39, 0.29) is 28.8 Å². The summed E-state index contributed by atoms with van der Waals surface area (Å²) in [6.07, 6.45) is -1.08. The van der Waals surface area contributed by atoms with Crippen molar-refractivity contribution in [3.8, 4) is 17.7 Å². The van der Waals surface area contributed by atoms with Crippen LogP contribution in [0.4, 0.5) is 14.9 Å². The lowest BCUT2D eigenvalue weighted by Gasteiger charge is -2.13. The Balaban J connectivity index is 2.30. The van der Waals surface area contributed by atoms with E-state index in [0.29, 0.717) is 0 Å². The Morgan fingerprint density at radius 1 is 1.47 bits per heavy atom. The van der Waals surface area contributed by atoms with Crippen LogP contribution in [0, 0.1) is 17.1 Å². The van der Waals surface area contributed by atoms with E-state index in [2.05, 4.69) is 25.5 Å². The Morgan fingerprint density at radius 2 is 2.22 bits per heavy atom. The Kier molecular flexibility index (Phi) is 6.78. The first-order chi connectivity index (χ1) is 16.4. The van der Waals surface area contributed by atoms with Crippen molar-refractivity contribution in [1.82, 2.24) is 15.5 Å². The van der Waals surface area contributed by atoms with E-state index in [1.165, 1.54) is 19.9 Å². The largest absolute Gasteiger partial charge is 0.450 e. The van der Waals surface area contributed by atoms with Crippen LogP contribution in [-0.4, -0.2) is 34.5 Å². The highest BCUT2D eigenvalue weighted by Crippen LogP contribution is 2.36. The first-order valence-corrected chi connectivity index (χ1v) is 9.23. The van der Waals surface area contributed by atoms with Crippen molar-refractivity contribution < 1.29 is 27.6 Å². The molecule has 1 aromatic carbocycles. The molecule has 0 saturated carbocycles. The number of aromatic nitrogens is 2. The fourth-order valence-electron chi connectivity index (χ4n) is 2.18. The minimum absolute atomic E-state index is 0.00617. The van der Waals surface area contributed by atoms with Gasteiger partial charge in [-0.05, 0) is 18.9 Å². The number of alkyl carbamates (subject to hydrolysis) is 1. The number of rotatable bonds is 7. The molecule has 2 aromatic rings. The van der Waals surface area contributed by atoms with Crippen LogP contribution in [0.25, 0.3) is 0 Å². The maximum Gasteiger partial charge on any atom is 0.414 e. The third-order valence-corrected chi connectivity index (χ3v) is 3.85. The minimum atomic E-state index is -2.50. The number of carbonyl (C=O) groups excluding carboxylic acids is 2. The number of hydrogen-bond donors (Lipinski definition) is 3. The molecule has 0 aliphatic heterocycles. The normalized spacial score (nSPS) is 13.6. The summed E-state index contributed by atoms with van der Waals surface area (Å²) in [4.78, 5) is 34.8. The van der Waals surface area contributed by atoms with Gasteiger partial charge in [0.15, 0.2) is 11.6 Å². The molecule has 0 fully saturated rings. The fourth-order valence-corrected chi connectivity index (χ4v) is 2.43. The molecule has 32 heavy (non-hydrogen) atoms. The topological polar surface area (TPSA) is 159 Å². The Hall–Kier alpha value is -3.98. The molecule has 0 saturated heterocycles. The SMILES string of the molecule is [2H]C([2H])([2H])C(C)c1cc(=O)[nH]nc1Oc1c(F)cc(N/N=C(/C#N)C(=O)NC(=O)OCC)cc1Cl. The molecule has 2 rings (SSSR count). The van der Waals surface area contributed by atoms with E-state index in [9.17, 15) is 18.8 Å². The Morgan fingerprint density at radius 3 is 2.84 bits per heavy atom. The number of nitriles is 1. The van der Waals surface area contributed by atoms with E-state index >= 15 is 0 Å². The van der Waals surface area contributed by atoms with E-state index in [1.807, 2.05) is 0 Å². The van der Waals surface area contributed by atoms with Crippen molar-refractivity contribution in [2.75, 3.05) is 12.0 Å². The van der Waals surface area contributed by atoms with Crippen molar-refractivity contribution in [2.24, 2.45) is 5.10 Å². The van der Waals surface area contributed by atoms with Gasteiger partial charge in [-0.15, -0.1) is 5.10 Å². The number of hydrazone groups is 1. The molecule has 0 radical (unpaired) electrons. The summed E-state index contributed by atoms with van der Waals surface area (Å²) < 4.78 is 47.3. The molecule has 11 nitrogen and oxygen atoms in total. The number of ether oxygens (including phenoxy) is 2. The second kappa shape index (κ2) is 10.9. The summed E-state index contributed by atoms with van der Waals surface area (Å²) in [5.41, 5.74) is 0.587. The first kappa shape index (κ1) is 20.0. The fraction of sp³-hybridized carbons (Fsp3) is 0.263. The zero-order valence-electron chi connectivity index (χ0n) is 19.7. The number of benzene rings is 1. The Bertz CT molecular complexity index is 1240. The zero-order valence-corrected chi connectivity index (χ0v) is 17.4. The van der Waals surface area contributed by atoms with Gasteiger partial charge in [-0.3, -0.25) is 20.3 Å². The number of imide groups is 1. The standard InChI is InChI=1S/C19H18ClFN6O5/c1-4-31-19(30)23-17(29)14(8-22)25-24-10-5-12(20)16(13(21)6-10)32-18-11(9(2)3)7-15(28)26-27-18/h5-7,9,24H,4H2,1-3H3,(H,26,28)(H,23,29,30)/b25-14-/i2D3. The number of carbonyl (C=O) groups is 2. The molecular formula is C19H18ClFN6O5. The molecule has 0 aliphatic rings. The van der Waals surface area contributed by atoms with Gasteiger partial charge >= 0.3 is 6.09 Å². The highest BCUT2D eigenvalue weighted by atomic mass is 35.5. The number of amides is 2. The summed E-state index contributed by atoms with van der Waals surface area (Å²) in [5, 5.41) is 19.7. The van der Waals surface area contributed by atoms with E-state index in [1.54, 1.807) is 5.32 Å². The summed E-state index contributed by atoms with van der Waals surface area (Å²) >= 11 is 6.08. The third kappa shape index (κ3) is 6.26. The van der Waals surface area contributed by atoms with Crippen LogP contribution >= 0.6 is 11.6 Å². The molecule has 13 heteroatoms. The van der Waals surface area contributed by atoms with E-state index in [4.69, 9.17) is 25.7 Å². The summed E-state index contributed by atoms with van der Waals surface area (Å²) in [5.74, 6) is -4.31. The maximum atomic E-state index is 14.8. The summed E-state index contributed by atoms with van der Waals surface area (Å²) in [7, 11) is 0. The molecule has 0 spiro atoms. The molecule has 1 aromatic heterocycles. The van der Waals surface area contributed by atoms with Crippen molar-refractivity contribution in [2.45, 2.75) is 26.6 Å². The molecule has 0 bridgehead atoms. The zero-order chi connectivity index (χ0) is 26.3.